The molecule has 1 amide bonds. The van der Waals surface area contributed by atoms with E-state index in [1.807, 2.05) is 48.7 Å². The molecule has 0 radical (unpaired) electrons. The van der Waals surface area contributed by atoms with Crippen LogP contribution in [0.15, 0.2) is 55.2 Å². The van der Waals surface area contributed by atoms with E-state index in [1.165, 1.54) is 0 Å². The lowest BCUT2D eigenvalue weighted by Crippen LogP contribution is -2.22. The second-order valence-corrected chi connectivity index (χ2v) is 15.8. The molecule has 0 fully saturated rings. The van der Waals surface area contributed by atoms with Gasteiger partial charge in [-0.05, 0) is 49.2 Å². The molecule has 0 aliphatic rings. The lowest BCUT2D eigenvalue weighted by Gasteiger charge is -2.16. The van der Waals surface area contributed by atoms with Crippen LogP contribution < -0.4 is 10.6 Å². The molecule has 1 atom stereocenters. The third-order valence-corrected chi connectivity index (χ3v) is 7.40. The Morgan fingerprint density at radius 3 is 2.75 bits per heavy atom. The summed E-state index contributed by atoms with van der Waals surface area (Å²) in [6, 6.07) is 10.6. The van der Waals surface area contributed by atoms with Crippen molar-refractivity contribution < 1.29 is 9.53 Å². The summed E-state index contributed by atoms with van der Waals surface area (Å²) in [5, 5.41) is 6.32. The van der Waals surface area contributed by atoms with Gasteiger partial charge in [0.1, 0.15) is 18.9 Å². The Bertz CT molecular complexity index is 1350. The summed E-state index contributed by atoms with van der Waals surface area (Å²) >= 11 is 0. The third kappa shape index (κ3) is 6.73. The van der Waals surface area contributed by atoms with E-state index < -0.39 is 8.07 Å². The van der Waals surface area contributed by atoms with Crippen LogP contribution in [0.4, 0.5) is 11.5 Å². The molecule has 0 aliphatic heterocycles. The number of ether oxygens (including phenoxy) is 1. The minimum absolute atomic E-state index is 0.0683. The number of aryl methyl sites for hydroxylation is 1. The van der Waals surface area contributed by atoms with E-state index in [4.69, 9.17) is 4.74 Å². The number of aromatic nitrogens is 5. The van der Waals surface area contributed by atoms with Crippen molar-refractivity contribution in [3.05, 3.63) is 71.9 Å². The fourth-order valence-corrected chi connectivity index (χ4v) is 4.38. The SMILES string of the molecule is Cc1cncc(C(=O)Nc2cccc([C@H](C)Nc3cnc4c(ncn4COCC[Si](C)(C)C)n3)c2)c1. The van der Waals surface area contributed by atoms with Gasteiger partial charge in [0, 0.05) is 32.8 Å². The van der Waals surface area contributed by atoms with Gasteiger partial charge in [-0.3, -0.25) is 14.3 Å². The van der Waals surface area contributed by atoms with Gasteiger partial charge >= 0.3 is 0 Å². The fourth-order valence-electron chi connectivity index (χ4n) is 3.62. The van der Waals surface area contributed by atoms with Crippen LogP contribution in [0, 0.1) is 6.92 Å². The molecule has 4 rings (SSSR count). The number of hydrogen-bond donors (Lipinski definition) is 2. The van der Waals surface area contributed by atoms with Gasteiger partial charge in [-0.25, -0.2) is 15.0 Å². The molecule has 0 bridgehead atoms. The second-order valence-electron chi connectivity index (χ2n) is 10.2. The highest BCUT2D eigenvalue weighted by molar-refractivity contribution is 6.76. The first-order valence-corrected chi connectivity index (χ1v) is 15.7. The molecule has 36 heavy (non-hydrogen) atoms. The topological polar surface area (TPSA) is 107 Å². The summed E-state index contributed by atoms with van der Waals surface area (Å²) in [6.07, 6.45) is 6.70. The third-order valence-electron chi connectivity index (χ3n) is 5.70. The summed E-state index contributed by atoms with van der Waals surface area (Å²) in [4.78, 5) is 30.2. The number of hydrogen-bond acceptors (Lipinski definition) is 7. The largest absolute Gasteiger partial charge is 0.362 e. The predicted molar refractivity (Wildman–Crippen MR) is 145 cm³/mol. The monoisotopic (exact) mass is 503 g/mol. The molecule has 0 aliphatic carbocycles. The second kappa shape index (κ2) is 11.0. The Kier molecular flexibility index (Phi) is 7.75. The van der Waals surface area contributed by atoms with Crippen LogP contribution >= 0.6 is 0 Å². The Morgan fingerprint density at radius 1 is 1.14 bits per heavy atom. The Morgan fingerprint density at radius 2 is 1.97 bits per heavy atom. The normalized spacial score (nSPS) is 12.5. The zero-order valence-electron chi connectivity index (χ0n) is 21.4. The molecule has 0 saturated carbocycles. The van der Waals surface area contributed by atoms with Crippen LogP contribution in [0.2, 0.25) is 25.7 Å². The summed E-state index contributed by atoms with van der Waals surface area (Å²) < 4.78 is 7.70. The molecule has 0 unspecified atom stereocenters. The number of nitrogens with zero attached hydrogens (tertiary/aromatic N) is 5. The average molecular weight is 504 g/mol. The van der Waals surface area contributed by atoms with Gasteiger partial charge in [0.15, 0.2) is 11.3 Å². The number of rotatable bonds is 10. The summed E-state index contributed by atoms with van der Waals surface area (Å²) in [6.45, 7) is 12.1. The van der Waals surface area contributed by atoms with E-state index in [0.29, 0.717) is 35.1 Å². The van der Waals surface area contributed by atoms with Crippen molar-refractivity contribution in [1.29, 1.82) is 0 Å². The fraction of sp³-hybridized carbons (Fsp3) is 0.346. The number of pyridine rings is 1. The van der Waals surface area contributed by atoms with E-state index >= 15 is 0 Å². The Labute approximate surface area is 212 Å². The number of nitrogens with one attached hydrogen (secondary N) is 2. The zero-order valence-corrected chi connectivity index (χ0v) is 22.4. The Hall–Kier alpha value is -3.63. The standard InChI is InChI=1S/C26H33N7O2Si/c1-18-11-21(14-27-13-18)26(34)31-22-8-6-7-20(12-22)19(2)30-23-15-28-25-24(32-23)29-16-33(25)17-35-9-10-36(3,4)5/h6-8,11-16,19H,9-10,17H2,1-5H3,(H,30,32)(H,31,34)/t19-/m0/s1. The quantitative estimate of drug-likeness (QED) is 0.224. The zero-order chi connectivity index (χ0) is 25.7. The van der Waals surface area contributed by atoms with E-state index in [1.54, 1.807) is 24.9 Å². The first kappa shape index (κ1) is 25.5. The molecule has 188 valence electrons. The number of benzene rings is 1. The smallest absolute Gasteiger partial charge is 0.257 e. The van der Waals surface area contributed by atoms with E-state index in [0.717, 1.165) is 23.8 Å². The maximum absolute atomic E-state index is 12.6. The van der Waals surface area contributed by atoms with Crippen molar-refractivity contribution in [2.75, 3.05) is 17.2 Å². The number of anilines is 2. The van der Waals surface area contributed by atoms with Gasteiger partial charge in [0.2, 0.25) is 0 Å². The molecular weight excluding hydrogens is 470 g/mol. The van der Waals surface area contributed by atoms with Crippen LogP contribution in [-0.4, -0.2) is 45.1 Å². The number of amides is 1. The van der Waals surface area contributed by atoms with Crippen molar-refractivity contribution in [2.24, 2.45) is 0 Å². The van der Waals surface area contributed by atoms with E-state index in [-0.39, 0.29) is 11.9 Å². The summed E-state index contributed by atoms with van der Waals surface area (Å²) in [7, 11) is -1.12. The highest BCUT2D eigenvalue weighted by atomic mass is 28.3. The lowest BCUT2D eigenvalue weighted by atomic mass is 10.1. The van der Waals surface area contributed by atoms with Crippen LogP contribution in [0.5, 0.6) is 0 Å². The van der Waals surface area contributed by atoms with Crippen molar-refractivity contribution in [1.82, 2.24) is 24.5 Å². The van der Waals surface area contributed by atoms with Crippen molar-refractivity contribution in [3.63, 3.8) is 0 Å². The number of carbonyl (C=O) groups is 1. The predicted octanol–water partition coefficient (Wildman–Crippen LogP) is 5.27. The molecule has 1 aromatic carbocycles. The summed E-state index contributed by atoms with van der Waals surface area (Å²) in [5.74, 6) is 0.431. The van der Waals surface area contributed by atoms with E-state index in [9.17, 15) is 4.79 Å². The maximum atomic E-state index is 12.6. The van der Waals surface area contributed by atoms with Gasteiger partial charge < -0.3 is 15.4 Å². The number of fused-ring (bicyclic) bond motifs is 1. The molecule has 0 spiro atoms. The molecule has 10 heteroatoms. The van der Waals surface area contributed by atoms with Gasteiger partial charge in [-0.15, -0.1) is 0 Å². The maximum Gasteiger partial charge on any atom is 0.257 e. The van der Waals surface area contributed by atoms with Crippen LogP contribution in [0.3, 0.4) is 0 Å². The molecule has 2 N–H and O–H groups in total. The molecule has 4 aromatic rings. The van der Waals surface area contributed by atoms with Crippen LogP contribution in [0.25, 0.3) is 11.3 Å². The first-order chi connectivity index (χ1) is 17.2. The minimum Gasteiger partial charge on any atom is -0.362 e. The summed E-state index contributed by atoms with van der Waals surface area (Å²) in [5.41, 5.74) is 4.42. The van der Waals surface area contributed by atoms with E-state index in [2.05, 4.69) is 50.2 Å². The number of imidazole rings is 1. The highest BCUT2D eigenvalue weighted by Crippen LogP contribution is 2.22. The van der Waals surface area contributed by atoms with Crippen LogP contribution in [0.1, 0.15) is 34.5 Å². The lowest BCUT2D eigenvalue weighted by molar-refractivity contribution is 0.0895. The van der Waals surface area contributed by atoms with Gasteiger partial charge in [0.25, 0.3) is 5.91 Å². The van der Waals surface area contributed by atoms with Gasteiger partial charge in [0.05, 0.1) is 17.8 Å². The molecule has 9 nitrogen and oxygen atoms in total. The molecule has 0 saturated heterocycles. The molecular formula is C26H33N7O2Si. The highest BCUT2D eigenvalue weighted by Gasteiger charge is 2.14. The van der Waals surface area contributed by atoms with Crippen molar-refractivity contribution in [2.45, 2.75) is 52.3 Å². The van der Waals surface area contributed by atoms with Gasteiger partial charge in [-0.2, -0.15) is 0 Å². The first-order valence-electron chi connectivity index (χ1n) is 12.0. The van der Waals surface area contributed by atoms with Crippen LogP contribution in [-0.2, 0) is 11.5 Å². The minimum atomic E-state index is -1.12. The molecule has 3 heterocycles. The van der Waals surface area contributed by atoms with Crippen molar-refractivity contribution >= 4 is 36.8 Å². The molecule has 3 aromatic heterocycles. The van der Waals surface area contributed by atoms with Crippen molar-refractivity contribution in [3.8, 4) is 0 Å². The average Bonchev–Trinajstić information content (AvgIpc) is 3.23. The number of carbonyl (C=O) groups excluding carboxylic acids is 1. The Balaban J connectivity index is 1.38. The van der Waals surface area contributed by atoms with Gasteiger partial charge in [-0.1, -0.05) is 31.8 Å².